The van der Waals surface area contributed by atoms with Crippen molar-refractivity contribution in [3.05, 3.63) is 76.4 Å². The maximum Gasteiger partial charge on any atom is 0.341 e. The van der Waals surface area contributed by atoms with Crippen molar-refractivity contribution in [3.63, 3.8) is 0 Å². The SMILES string of the molecule is C=C(C)[C@@H]1C[C@@H](c2ccc(C(C)(C)C)cc2)[C@@H](CC(C)C)O[C@H]1c1c(C)cc(C(C)C)cc1OCC(=O)O. The average Bonchev–Trinajstić information content (AvgIpc) is 2.81. The molecule has 4 heteroatoms. The third-order valence-corrected chi connectivity index (χ3v) is 7.86. The monoisotopic (exact) mass is 520 g/mol. The molecular weight excluding hydrogens is 472 g/mol. The fourth-order valence-corrected chi connectivity index (χ4v) is 5.67. The van der Waals surface area contributed by atoms with Crippen LogP contribution in [-0.2, 0) is 14.9 Å². The Morgan fingerprint density at radius 2 is 1.76 bits per heavy atom. The van der Waals surface area contributed by atoms with E-state index in [0.717, 1.165) is 35.1 Å². The molecule has 2 aromatic carbocycles. The molecule has 4 atom stereocenters. The third-order valence-electron chi connectivity index (χ3n) is 7.86. The number of hydrogen-bond acceptors (Lipinski definition) is 3. The molecular formula is C34H48O4. The number of rotatable bonds is 9. The lowest BCUT2D eigenvalue weighted by atomic mass is 9.73. The summed E-state index contributed by atoms with van der Waals surface area (Å²) in [4.78, 5) is 11.4. The molecule has 1 saturated heterocycles. The molecule has 1 aliphatic heterocycles. The maximum atomic E-state index is 11.4. The smallest absolute Gasteiger partial charge is 0.341 e. The molecule has 208 valence electrons. The second-order valence-corrected chi connectivity index (χ2v) is 13.0. The normalized spacial score (nSPS) is 22.1. The van der Waals surface area contributed by atoms with Gasteiger partial charge in [-0.3, -0.25) is 0 Å². The largest absolute Gasteiger partial charge is 0.482 e. The Morgan fingerprint density at radius 1 is 1.13 bits per heavy atom. The molecule has 1 fully saturated rings. The highest BCUT2D eigenvalue weighted by Gasteiger charge is 2.41. The maximum absolute atomic E-state index is 11.4. The van der Waals surface area contributed by atoms with Gasteiger partial charge in [0, 0.05) is 17.4 Å². The first-order valence-corrected chi connectivity index (χ1v) is 14.1. The van der Waals surface area contributed by atoms with Crippen molar-refractivity contribution < 1.29 is 19.4 Å². The molecule has 0 aromatic heterocycles. The Kier molecular flexibility index (Phi) is 9.52. The molecule has 38 heavy (non-hydrogen) atoms. The van der Waals surface area contributed by atoms with Crippen molar-refractivity contribution in [1.29, 1.82) is 0 Å². The zero-order chi connectivity index (χ0) is 28.4. The van der Waals surface area contributed by atoms with Gasteiger partial charge in [-0.2, -0.15) is 0 Å². The van der Waals surface area contributed by atoms with Crippen LogP contribution in [-0.4, -0.2) is 23.8 Å². The minimum absolute atomic E-state index is 0.0348. The number of ether oxygens (including phenoxy) is 2. The van der Waals surface area contributed by atoms with Crippen LogP contribution in [0.15, 0.2) is 48.6 Å². The highest BCUT2D eigenvalue weighted by Crippen LogP contribution is 2.50. The summed E-state index contributed by atoms with van der Waals surface area (Å²) < 4.78 is 13.0. The van der Waals surface area contributed by atoms with Crippen molar-refractivity contribution in [2.24, 2.45) is 11.8 Å². The Bertz CT molecular complexity index is 1120. The zero-order valence-electron chi connectivity index (χ0n) is 24.9. The van der Waals surface area contributed by atoms with Crippen LogP contribution in [0.25, 0.3) is 0 Å². The van der Waals surface area contributed by atoms with Crippen LogP contribution >= 0.6 is 0 Å². The van der Waals surface area contributed by atoms with Gasteiger partial charge in [-0.25, -0.2) is 4.79 Å². The van der Waals surface area contributed by atoms with Gasteiger partial charge in [0.1, 0.15) is 5.75 Å². The summed E-state index contributed by atoms with van der Waals surface area (Å²) in [5, 5.41) is 9.37. The number of carboxylic acid groups (broad SMARTS) is 1. The summed E-state index contributed by atoms with van der Waals surface area (Å²) in [6, 6.07) is 13.3. The van der Waals surface area contributed by atoms with E-state index in [-0.39, 0.29) is 36.1 Å². The summed E-state index contributed by atoms with van der Waals surface area (Å²) >= 11 is 0. The molecule has 0 bridgehead atoms. The molecule has 0 amide bonds. The van der Waals surface area contributed by atoms with Crippen LogP contribution < -0.4 is 4.74 Å². The number of aryl methyl sites for hydroxylation is 1. The van der Waals surface area contributed by atoms with Crippen LogP contribution in [0.1, 0.15) is 114 Å². The lowest BCUT2D eigenvalue weighted by Gasteiger charge is -2.44. The van der Waals surface area contributed by atoms with Crippen LogP contribution in [0.2, 0.25) is 0 Å². The fraction of sp³-hybridized carbons (Fsp3) is 0.559. The Hall–Kier alpha value is -2.59. The average molecular weight is 521 g/mol. The van der Waals surface area contributed by atoms with Crippen molar-refractivity contribution in [1.82, 2.24) is 0 Å². The van der Waals surface area contributed by atoms with E-state index in [1.807, 2.05) is 6.07 Å². The highest BCUT2D eigenvalue weighted by molar-refractivity contribution is 5.68. The molecule has 0 radical (unpaired) electrons. The molecule has 0 saturated carbocycles. The predicted molar refractivity (Wildman–Crippen MR) is 156 cm³/mol. The summed E-state index contributed by atoms with van der Waals surface area (Å²) in [6.07, 6.45) is 1.66. The Labute approximate surface area is 230 Å². The lowest BCUT2D eigenvalue weighted by molar-refractivity contribution is -0.139. The zero-order valence-corrected chi connectivity index (χ0v) is 24.9. The van der Waals surface area contributed by atoms with Crippen LogP contribution in [0, 0.1) is 18.8 Å². The van der Waals surface area contributed by atoms with Gasteiger partial charge in [-0.1, -0.05) is 91.0 Å². The van der Waals surface area contributed by atoms with Gasteiger partial charge in [0.2, 0.25) is 0 Å². The minimum Gasteiger partial charge on any atom is -0.482 e. The first-order chi connectivity index (χ1) is 17.7. The van der Waals surface area contributed by atoms with E-state index >= 15 is 0 Å². The van der Waals surface area contributed by atoms with Crippen LogP contribution in [0.5, 0.6) is 5.75 Å². The van der Waals surface area contributed by atoms with Gasteiger partial charge in [-0.15, -0.1) is 0 Å². The molecule has 0 unspecified atom stereocenters. The van der Waals surface area contributed by atoms with Crippen molar-refractivity contribution in [3.8, 4) is 5.75 Å². The molecule has 0 aliphatic carbocycles. The lowest BCUT2D eigenvalue weighted by Crippen LogP contribution is -2.37. The number of aliphatic carboxylic acids is 1. The van der Waals surface area contributed by atoms with Crippen LogP contribution in [0.3, 0.4) is 0 Å². The van der Waals surface area contributed by atoms with E-state index in [0.29, 0.717) is 17.6 Å². The first kappa shape index (κ1) is 30.0. The number of carboxylic acids is 1. The molecule has 1 heterocycles. The molecule has 1 N–H and O–H groups in total. The van der Waals surface area contributed by atoms with E-state index in [2.05, 4.69) is 99.2 Å². The molecule has 3 rings (SSSR count). The van der Waals surface area contributed by atoms with Crippen molar-refractivity contribution >= 4 is 5.97 Å². The third kappa shape index (κ3) is 7.08. The summed E-state index contributed by atoms with van der Waals surface area (Å²) in [5.74, 6) is 0.743. The standard InChI is InChI=1S/C34H48O4/c1-20(2)15-29-28(24-11-13-26(14-12-24)34(8,9)10)18-27(22(5)6)33(38-29)32-23(7)16-25(21(3)4)17-30(32)37-19-31(35)36/h11-14,16-17,20-21,27-29,33H,5,15,18-19H2,1-4,6-10H3,(H,35,36)/t27-,28-,29+,33+/m0/s1. The van der Waals surface area contributed by atoms with Gasteiger partial charge in [0.05, 0.1) is 12.2 Å². The fourth-order valence-electron chi connectivity index (χ4n) is 5.67. The Balaban J connectivity index is 2.08. The molecule has 1 aliphatic rings. The van der Waals surface area contributed by atoms with Crippen molar-refractivity contribution in [2.75, 3.05) is 6.61 Å². The van der Waals surface area contributed by atoms with Gasteiger partial charge >= 0.3 is 5.97 Å². The second kappa shape index (κ2) is 12.1. The van der Waals surface area contributed by atoms with E-state index in [1.165, 1.54) is 11.1 Å². The molecule has 0 spiro atoms. The summed E-state index contributed by atoms with van der Waals surface area (Å²) in [5.41, 5.74) is 6.98. The van der Waals surface area contributed by atoms with Gasteiger partial charge in [-0.05, 0) is 72.3 Å². The topological polar surface area (TPSA) is 55.8 Å². The van der Waals surface area contributed by atoms with E-state index in [4.69, 9.17) is 9.47 Å². The molecule has 4 nitrogen and oxygen atoms in total. The van der Waals surface area contributed by atoms with Crippen LogP contribution in [0.4, 0.5) is 0 Å². The van der Waals surface area contributed by atoms with E-state index < -0.39 is 5.97 Å². The summed E-state index contributed by atoms with van der Waals surface area (Å²) in [7, 11) is 0. The van der Waals surface area contributed by atoms with Gasteiger partial charge in [0.15, 0.2) is 6.61 Å². The second-order valence-electron chi connectivity index (χ2n) is 13.0. The number of carbonyl (C=O) groups is 1. The molecule has 2 aromatic rings. The van der Waals surface area contributed by atoms with Gasteiger partial charge in [0.25, 0.3) is 0 Å². The van der Waals surface area contributed by atoms with E-state index in [1.54, 1.807) is 0 Å². The van der Waals surface area contributed by atoms with E-state index in [9.17, 15) is 9.90 Å². The van der Waals surface area contributed by atoms with Gasteiger partial charge < -0.3 is 14.6 Å². The predicted octanol–water partition coefficient (Wildman–Crippen LogP) is 8.73. The number of benzene rings is 2. The Morgan fingerprint density at radius 3 is 2.26 bits per heavy atom. The minimum atomic E-state index is -0.985. The first-order valence-electron chi connectivity index (χ1n) is 14.1. The highest BCUT2D eigenvalue weighted by atomic mass is 16.5. The number of hydrogen-bond donors (Lipinski definition) is 1. The quantitative estimate of drug-likeness (QED) is 0.336. The van der Waals surface area contributed by atoms with Crippen molar-refractivity contribution in [2.45, 2.75) is 105 Å². The summed E-state index contributed by atoms with van der Waals surface area (Å²) in [6.45, 7) is 23.7.